The predicted molar refractivity (Wildman–Crippen MR) is 107 cm³/mol. The Kier molecular flexibility index (Phi) is 22.5. The van der Waals surface area contributed by atoms with Crippen LogP contribution in [0.25, 0.3) is 0 Å². The molecule has 176 valence electrons. The van der Waals surface area contributed by atoms with Crippen LogP contribution in [0.1, 0.15) is 20.8 Å². The van der Waals surface area contributed by atoms with Gasteiger partial charge in [0.25, 0.3) is 0 Å². The second-order valence-corrected chi connectivity index (χ2v) is 7.04. The predicted octanol–water partition coefficient (Wildman–Crippen LogP) is 2.30. The highest BCUT2D eigenvalue weighted by atomic mass is 31.2. The van der Waals surface area contributed by atoms with E-state index in [0.29, 0.717) is 66.1 Å². The van der Waals surface area contributed by atoms with Crippen LogP contribution < -0.4 is 0 Å². The van der Waals surface area contributed by atoms with Crippen molar-refractivity contribution in [3.63, 3.8) is 0 Å². The zero-order valence-electron chi connectivity index (χ0n) is 18.1. The summed E-state index contributed by atoms with van der Waals surface area (Å²) < 4.78 is 59.7. The average molecular weight is 446 g/mol. The number of hydrogen-bond acceptors (Lipinski definition) is 10. The second-order valence-electron chi connectivity index (χ2n) is 5.37. The molecular weight excluding hydrogens is 407 g/mol. The molecule has 0 rings (SSSR count). The molecule has 11 heteroatoms. The minimum absolute atomic E-state index is 0.0880. The van der Waals surface area contributed by atoms with E-state index in [4.69, 9.17) is 42.0 Å². The first kappa shape index (κ1) is 28.9. The lowest BCUT2D eigenvalue weighted by atomic mass is 10.7. The van der Waals surface area contributed by atoms with Crippen molar-refractivity contribution >= 4 is 7.82 Å². The summed E-state index contributed by atoms with van der Waals surface area (Å²) in [5, 5.41) is 0. The van der Waals surface area contributed by atoms with Crippen molar-refractivity contribution in [1.82, 2.24) is 0 Å². The maximum atomic E-state index is 12.4. The summed E-state index contributed by atoms with van der Waals surface area (Å²) in [5.74, 6) is 0. The quantitative estimate of drug-likeness (QED) is 0.162. The van der Waals surface area contributed by atoms with Gasteiger partial charge in [-0.3, -0.25) is 13.6 Å². The molecule has 0 atom stereocenters. The fourth-order valence-electron chi connectivity index (χ4n) is 1.85. The third kappa shape index (κ3) is 20.9. The molecule has 29 heavy (non-hydrogen) atoms. The molecule has 0 saturated heterocycles. The van der Waals surface area contributed by atoms with Gasteiger partial charge in [-0.2, -0.15) is 0 Å². The molecule has 0 saturated carbocycles. The molecule has 0 N–H and O–H groups in total. The largest absolute Gasteiger partial charge is 0.474 e. The van der Waals surface area contributed by atoms with E-state index in [0.717, 1.165) is 0 Å². The van der Waals surface area contributed by atoms with Crippen LogP contribution in [-0.2, 0) is 46.6 Å². The molecule has 0 heterocycles. The van der Waals surface area contributed by atoms with E-state index in [1.54, 1.807) is 6.92 Å². The maximum Gasteiger partial charge on any atom is 0.474 e. The van der Waals surface area contributed by atoms with Gasteiger partial charge in [0.2, 0.25) is 0 Å². The molecule has 0 radical (unpaired) electrons. The Morgan fingerprint density at radius 2 is 0.724 bits per heavy atom. The Bertz CT molecular complexity index is 345. The SMILES string of the molecule is CCOCCOCCOCCOP(=O)(OCC)OCCOCCOCCOCC. The first-order valence-electron chi connectivity index (χ1n) is 10.2. The van der Waals surface area contributed by atoms with Crippen LogP contribution in [0.2, 0.25) is 0 Å². The summed E-state index contributed by atoms with van der Waals surface area (Å²) in [6.45, 7) is 11.8. The highest BCUT2D eigenvalue weighted by molar-refractivity contribution is 7.48. The van der Waals surface area contributed by atoms with Crippen molar-refractivity contribution in [2.24, 2.45) is 0 Å². The zero-order valence-corrected chi connectivity index (χ0v) is 19.0. The molecule has 0 bridgehead atoms. The summed E-state index contributed by atoms with van der Waals surface area (Å²) in [4.78, 5) is 0. The zero-order chi connectivity index (χ0) is 21.5. The summed E-state index contributed by atoms with van der Waals surface area (Å²) in [5.41, 5.74) is 0. The lowest BCUT2D eigenvalue weighted by molar-refractivity contribution is 0.000742. The van der Waals surface area contributed by atoms with Crippen LogP contribution in [0.5, 0.6) is 0 Å². The topological polar surface area (TPSA) is 100 Å². The standard InChI is InChI=1S/C18H39O10P/c1-4-20-7-9-22-11-13-24-15-17-27-29(19,26-6-3)28-18-16-25-14-12-23-10-8-21-5-2/h4-18H2,1-3H3. The smallest absolute Gasteiger partial charge is 0.379 e. The minimum atomic E-state index is -3.62. The number of phosphoric ester groups is 1. The van der Waals surface area contributed by atoms with E-state index in [-0.39, 0.29) is 33.0 Å². The van der Waals surface area contributed by atoms with Gasteiger partial charge in [-0.25, -0.2) is 4.57 Å². The molecule has 0 unspecified atom stereocenters. The van der Waals surface area contributed by atoms with Gasteiger partial charge in [0, 0.05) is 13.2 Å². The van der Waals surface area contributed by atoms with Crippen LogP contribution in [0.3, 0.4) is 0 Å². The van der Waals surface area contributed by atoms with Gasteiger partial charge in [0.05, 0.1) is 85.9 Å². The molecule has 0 aliphatic rings. The fourth-order valence-corrected chi connectivity index (χ4v) is 2.99. The number of phosphoric acid groups is 1. The molecule has 0 spiro atoms. The summed E-state index contributed by atoms with van der Waals surface area (Å²) in [6.07, 6.45) is 0. The lowest BCUT2D eigenvalue weighted by Crippen LogP contribution is -2.13. The van der Waals surface area contributed by atoms with Crippen molar-refractivity contribution in [2.75, 3.05) is 99.1 Å². The van der Waals surface area contributed by atoms with E-state index in [9.17, 15) is 4.57 Å². The number of rotatable bonds is 24. The van der Waals surface area contributed by atoms with E-state index in [1.807, 2.05) is 13.8 Å². The van der Waals surface area contributed by atoms with E-state index in [1.165, 1.54) is 0 Å². The molecular formula is C18H39O10P. The van der Waals surface area contributed by atoms with Crippen LogP contribution in [0.4, 0.5) is 0 Å². The summed E-state index contributed by atoms with van der Waals surface area (Å²) in [6, 6.07) is 0. The second kappa shape index (κ2) is 22.6. The lowest BCUT2D eigenvalue weighted by Gasteiger charge is -2.17. The molecule has 0 aromatic carbocycles. The fraction of sp³-hybridized carbons (Fsp3) is 1.00. The van der Waals surface area contributed by atoms with Crippen molar-refractivity contribution in [3.05, 3.63) is 0 Å². The van der Waals surface area contributed by atoms with Crippen molar-refractivity contribution in [2.45, 2.75) is 20.8 Å². The first-order valence-corrected chi connectivity index (χ1v) is 11.6. The van der Waals surface area contributed by atoms with Crippen LogP contribution in [0, 0.1) is 0 Å². The van der Waals surface area contributed by atoms with Gasteiger partial charge in [0.15, 0.2) is 0 Å². The monoisotopic (exact) mass is 446 g/mol. The van der Waals surface area contributed by atoms with Gasteiger partial charge in [-0.15, -0.1) is 0 Å². The molecule has 0 aromatic rings. The van der Waals surface area contributed by atoms with Gasteiger partial charge < -0.3 is 28.4 Å². The molecule has 0 fully saturated rings. The highest BCUT2D eigenvalue weighted by Crippen LogP contribution is 2.49. The maximum absolute atomic E-state index is 12.4. The van der Waals surface area contributed by atoms with E-state index in [2.05, 4.69) is 0 Å². The van der Waals surface area contributed by atoms with Gasteiger partial charge in [-0.05, 0) is 20.8 Å². The van der Waals surface area contributed by atoms with Crippen molar-refractivity contribution in [1.29, 1.82) is 0 Å². The van der Waals surface area contributed by atoms with Gasteiger partial charge in [0.1, 0.15) is 0 Å². The highest BCUT2D eigenvalue weighted by Gasteiger charge is 2.25. The normalized spacial score (nSPS) is 12.0. The molecule has 0 aromatic heterocycles. The van der Waals surface area contributed by atoms with Crippen molar-refractivity contribution in [3.8, 4) is 0 Å². The average Bonchev–Trinajstić information content (AvgIpc) is 2.71. The van der Waals surface area contributed by atoms with Crippen LogP contribution in [0.15, 0.2) is 0 Å². The Morgan fingerprint density at radius 1 is 0.414 bits per heavy atom. The third-order valence-electron chi connectivity index (χ3n) is 3.14. The molecule has 0 amide bonds. The number of hydrogen-bond donors (Lipinski definition) is 0. The Morgan fingerprint density at radius 3 is 1.03 bits per heavy atom. The third-order valence-corrected chi connectivity index (χ3v) is 4.71. The van der Waals surface area contributed by atoms with Gasteiger partial charge >= 0.3 is 7.82 Å². The number of ether oxygens (including phenoxy) is 6. The summed E-state index contributed by atoms with van der Waals surface area (Å²) in [7, 11) is -3.62. The van der Waals surface area contributed by atoms with Crippen LogP contribution >= 0.6 is 7.82 Å². The van der Waals surface area contributed by atoms with Gasteiger partial charge in [-0.1, -0.05) is 0 Å². The van der Waals surface area contributed by atoms with E-state index < -0.39 is 7.82 Å². The first-order chi connectivity index (χ1) is 14.2. The van der Waals surface area contributed by atoms with Crippen molar-refractivity contribution < 1.29 is 46.6 Å². The Labute approximate surface area is 175 Å². The molecule has 0 aliphatic heterocycles. The Hall–Kier alpha value is -0.130. The summed E-state index contributed by atoms with van der Waals surface area (Å²) >= 11 is 0. The minimum Gasteiger partial charge on any atom is -0.379 e. The molecule has 10 nitrogen and oxygen atoms in total. The van der Waals surface area contributed by atoms with E-state index >= 15 is 0 Å². The van der Waals surface area contributed by atoms with Crippen LogP contribution in [-0.4, -0.2) is 99.1 Å². The Balaban J connectivity index is 3.62. The molecule has 0 aliphatic carbocycles.